The highest BCUT2D eigenvalue weighted by Gasteiger charge is 2.27. The number of furan rings is 2. The van der Waals surface area contributed by atoms with E-state index in [1.54, 1.807) is 0 Å². The van der Waals surface area contributed by atoms with E-state index in [1.165, 1.54) is 84.9 Å². The molecule has 0 saturated heterocycles. The molecule has 0 unspecified atom stereocenters. The van der Waals surface area contributed by atoms with Crippen LogP contribution in [0.2, 0.25) is 0 Å². The first-order chi connectivity index (χ1) is 44.7. The second kappa shape index (κ2) is 22.5. The molecule has 18 aromatic rings. The molecular formula is C84H54N2O2S2. The van der Waals surface area contributed by atoms with Gasteiger partial charge < -0.3 is 18.6 Å². The zero-order chi connectivity index (χ0) is 59.5. The molecule has 4 nitrogen and oxygen atoms in total. The average molecular weight is 1190 g/mol. The number of hydrogen-bond donors (Lipinski definition) is 0. The van der Waals surface area contributed by atoms with E-state index in [9.17, 15) is 0 Å². The van der Waals surface area contributed by atoms with Gasteiger partial charge in [0.2, 0.25) is 0 Å². The number of anilines is 6. The van der Waals surface area contributed by atoms with Crippen molar-refractivity contribution in [1.29, 1.82) is 0 Å². The van der Waals surface area contributed by atoms with Crippen molar-refractivity contribution in [2.45, 2.75) is 0 Å². The van der Waals surface area contributed by atoms with Crippen LogP contribution in [0.4, 0.5) is 34.1 Å². The highest BCUT2D eigenvalue weighted by molar-refractivity contribution is 7.27. The Labute approximate surface area is 528 Å². The molecule has 14 aromatic carbocycles. The van der Waals surface area contributed by atoms with Crippen molar-refractivity contribution in [3.05, 3.63) is 328 Å². The van der Waals surface area contributed by atoms with E-state index >= 15 is 0 Å². The van der Waals surface area contributed by atoms with E-state index in [1.807, 2.05) is 34.8 Å². The van der Waals surface area contributed by atoms with Crippen molar-refractivity contribution in [3.63, 3.8) is 0 Å². The Balaban J connectivity index is 0.000000139. The van der Waals surface area contributed by atoms with Gasteiger partial charge in [-0.25, -0.2) is 0 Å². The Morgan fingerprint density at radius 1 is 0.233 bits per heavy atom. The highest BCUT2D eigenvalue weighted by atomic mass is 32.1. The molecule has 0 spiro atoms. The molecule has 0 bridgehead atoms. The maximum atomic E-state index is 6.59. The number of benzene rings is 14. The van der Waals surface area contributed by atoms with E-state index in [2.05, 4.69) is 325 Å². The summed E-state index contributed by atoms with van der Waals surface area (Å²) in [6.45, 7) is 0. The van der Waals surface area contributed by atoms with Gasteiger partial charge in [-0.1, -0.05) is 243 Å². The zero-order valence-electron chi connectivity index (χ0n) is 48.7. The summed E-state index contributed by atoms with van der Waals surface area (Å²) in [7, 11) is 0. The molecular weight excluding hydrogens is 1130 g/mol. The van der Waals surface area contributed by atoms with Crippen molar-refractivity contribution in [3.8, 4) is 44.5 Å². The van der Waals surface area contributed by atoms with Crippen LogP contribution < -0.4 is 9.80 Å². The molecule has 18 rings (SSSR count). The summed E-state index contributed by atoms with van der Waals surface area (Å²) in [4.78, 5) is 4.84. The monoisotopic (exact) mass is 1190 g/mol. The topological polar surface area (TPSA) is 32.8 Å². The van der Waals surface area contributed by atoms with Crippen LogP contribution in [0.1, 0.15) is 0 Å². The minimum Gasteiger partial charge on any atom is -0.455 e. The predicted octanol–water partition coefficient (Wildman–Crippen LogP) is 25.5. The Kier molecular flexibility index (Phi) is 13.2. The van der Waals surface area contributed by atoms with Crippen LogP contribution in [0, 0.1) is 0 Å². The standard InChI is InChI=1S/2C42H27NOS/c1-4-14-28(15-5-1)30-24-25-36(34(26-30)29-16-6-2-7-17-29)43(31-18-8-3-9-19-31)37-27-35-32-20-10-12-22-38(32)44-41(35)42-40(37)33-21-11-13-23-39(33)45-42;1-3-13-28(14-4-1)32-17-7-8-18-33(32)29-23-25-31(26-24-29)43(30-15-5-2-6-16-30)37-27-36-34-19-9-11-21-38(34)44-41(36)42-40(37)35-20-10-12-22-39(35)45-42/h2*1-27H. The van der Waals surface area contributed by atoms with Crippen LogP contribution in [0.25, 0.3) is 129 Å². The maximum Gasteiger partial charge on any atom is 0.153 e. The lowest BCUT2D eigenvalue weighted by atomic mass is 9.94. The number of para-hydroxylation sites is 4. The third kappa shape index (κ3) is 9.20. The molecule has 4 heterocycles. The van der Waals surface area contributed by atoms with Gasteiger partial charge in [0.05, 0.1) is 26.5 Å². The van der Waals surface area contributed by atoms with Crippen LogP contribution >= 0.6 is 22.7 Å². The van der Waals surface area contributed by atoms with Gasteiger partial charge in [0.25, 0.3) is 0 Å². The molecule has 0 atom stereocenters. The first-order valence-electron chi connectivity index (χ1n) is 30.4. The Bertz CT molecular complexity index is 5660. The molecule has 0 aliphatic carbocycles. The fourth-order valence-electron chi connectivity index (χ4n) is 13.2. The molecule has 424 valence electrons. The average Bonchev–Trinajstić information content (AvgIpc) is 1.56. The van der Waals surface area contributed by atoms with Gasteiger partial charge in [-0.2, -0.15) is 0 Å². The number of fused-ring (bicyclic) bond motifs is 14. The first kappa shape index (κ1) is 53.0. The SMILES string of the molecule is c1ccc(-c2ccc(N(c3ccccc3)c3cc4c5ccccc5oc4c4sc5ccccc5c34)c(-c3ccccc3)c2)cc1.c1ccc(-c2ccccc2-c2ccc(N(c3ccccc3)c3cc4c5ccccc5oc4c4sc5ccccc5c34)cc2)cc1. The normalized spacial score (nSPS) is 11.6. The summed E-state index contributed by atoms with van der Waals surface area (Å²) < 4.78 is 18.0. The molecule has 0 N–H and O–H groups in total. The fraction of sp³-hybridized carbons (Fsp3) is 0. The second-order valence-electron chi connectivity index (χ2n) is 22.6. The van der Waals surface area contributed by atoms with Crippen LogP contribution in [-0.4, -0.2) is 0 Å². The summed E-state index contributed by atoms with van der Waals surface area (Å²) in [6, 6.07) is 117. The largest absolute Gasteiger partial charge is 0.455 e. The molecule has 0 aliphatic heterocycles. The van der Waals surface area contributed by atoms with E-state index < -0.39 is 0 Å². The van der Waals surface area contributed by atoms with Crippen LogP contribution in [0.15, 0.2) is 336 Å². The summed E-state index contributed by atoms with van der Waals surface area (Å²) >= 11 is 3.62. The van der Waals surface area contributed by atoms with Crippen molar-refractivity contribution in [2.24, 2.45) is 0 Å². The van der Waals surface area contributed by atoms with Gasteiger partial charge >= 0.3 is 0 Å². The van der Waals surface area contributed by atoms with E-state index in [0.29, 0.717) is 0 Å². The van der Waals surface area contributed by atoms with Crippen LogP contribution in [0.5, 0.6) is 0 Å². The van der Waals surface area contributed by atoms with Crippen LogP contribution in [-0.2, 0) is 0 Å². The van der Waals surface area contributed by atoms with Crippen molar-refractivity contribution < 1.29 is 8.83 Å². The van der Waals surface area contributed by atoms with E-state index in [-0.39, 0.29) is 0 Å². The lowest BCUT2D eigenvalue weighted by molar-refractivity contribution is 0.673. The number of nitrogens with zero attached hydrogens (tertiary/aromatic N) is 2. The van der Waals surface area contributed by atoms with E-state index in [4.69, 9.17) is 8.83 Å². The van der Waals surface area contributed by atoms with Gasteiger partial charge in [0.1, 0.15) is 11.2 Å². The van der Waals surface area contributed by atoms with Gasteiger partial charge in [0.15, 0.2) is 11.2 Å². The minimum absolute atomic E-state index is 0.909. The Hall–Kier alpha value is -11.3. The van der Waals surface area contributed by atoms with Crippen molar-refractivity contribution in [2.75, 3.05) is 9.80 Å². The Morgan fingerprint density at radius 3 is 1.11 bits per heavy atom. The molecule has 0 fully saturated rings. The Morgan fingerprint density at radius 2 is 0.600 bits per heavy atom. The zero-order valence-corrected chi connectivity index (χ0v) is 50.3. The number of thiophene rings is 2. The van der Waals surface area contributed by atoms with Gasteiger partial charge in [0, 0.05) is 75.1 Å². The fourth-order valence-corrected chi connectivity index (χ4v) is 15.6. The summed E-state index contributed by atoms with van der Waals surface area (Å²) in [5, 5.41) is 9.42. The summed E-state index contributed by atoms with van der Waals surface area (Å²) in [5.41, 5.74) is 20.0. The highest BCUT2D eigenvalue weighted by Crippen LogP contribution is 2.53. The van der Waals surface area contributed by atoms with Crippen molar-refractivity contribution >= 4 is 141 Å². The van der Waals surface area contributed by atoms with Gasteiger partial charge in [-0.05, 0) is 124 Å². The minimum atomic E-state index is 0.909. The molecule has 90 heavy (non-hydrogen) atoms. The van der Waals surface area contributed by atoms with Gasteiger partial charge in [-0.3, -0.25) is 0 Å². The second-order valence-corrected chi connectivity index (χ2v) is 24.7. The number of hydrogen-bond acceptors (Lipinski definition) is 6. The first-order valence-corrected chi connectivity index (χ1v) is 32.0. The number of rotatable bonds is 10. The smallest absolute Gasteiger partial charge is 0.153 e. The van der Waals surface area contributed by atoms with E-state index in [0.717, 1.165) is 78.0 Å². The van der Waals surface area contributed by atoms with Gasteiger partial charge in [-0.15, -0.1) is 22.7 Å². The van der Waals surface area contributed by atoms with Crippen molar-refractivity contribution in [1.82, 2.24) is 0 Å². The quantitative estimate of drug-likeness (QED) is 0.137. The lowest BCUT2D eigenvalue weighted by Gasteiger charge is -2.29. The molecule has 0 amide bonds. The predicted molar refractivity (Wildman–Crippen MR) is 384 cm³/mol. The third-order valence-corrected chi connectivity index (χ3v) is 19.7. The molecule has 4 aromatic heterocycles. The lowest BCUT2D eigenvalue weighted by Crippen LogP contribution is -2.11. The molecule has 0 saturated carbocycles. The molecule has 0 aliphatic rings. The molecule has 0 radical (unpaired) electrons. The molecule has 6 heteroatoms. The summed E-state index contributed by atoms with van der Waals surface area (Å²) in [6.07, 6.45) is 0. The summed E-state index contributed by atoms with van der Waals surface area (Å²) in [5.74, 6) is 0. The maximum absolute atomic E-state index is 6.59. The third-order valence-electron chi connectivity index (χ3n) is 17.3. The van der Waals surface area contributed by atoms with Crippen LogP contribution in [0.3, 0.4) is 0 Å².